The molecule has 0 radical (unpaired) electrons. The van der Waals surface area contributed by atoms with E-state index >= 15 is 0 Å². The maximum Gasteiger partial charge on any atom is 0.168 e. The van der Waals surface area contributed by atoms with Crippen molar-refractivity contribution in [3.8, 4) is 0 Å². The van der Waals surface area contributed by atoms with Gasteiger partial charge in [-0.3, -0.25) is 0 Å². The Morgan fingerprint density at radius 1 is 0.500 bits per heavy atom. The zero-order valence-corrected chi connectivity index (χ0v) is 8.29. The van der Waals surface area contributed by atoms with Crippen LogP contribution in [0.25, 0.3) is 0 Å². The van der Waals surface area contributed by atoms with E-state index in [1.165, 1.54) is 0 Å². The number of hydrogen-bond acceptors (Lipinski definition) is 4. The quantitative estimate of drug-likeness (QED) is 0.585. The molecule has 1 aliphatic carbocycles. The van der Waals surface area contributed by atoms with Gasteiger partial charge in [-0.2, -0.15) is 0 Å². The Bertz CT molecular complexity index is 180. The van der Waals surface area contributed by atoms with Crippen molar-refractivity contribution in [2.24, 2.45) is 0 Å². The van der Waals surface area contributed by atoms with E-state index in [-0.39, 0.29) is 11.6 Å². The summed E-state index contributed by atoms with van der Waals surface area (Å²) in [6.45, 7) is 2.92. The molecule has 0 N–H and O–H groups in total. The summed E-state index contributed by atoms with van der Waals surface area (Å²) in [7, 11) is 0. The summed E-state index contributed by atoms with van der Waals surface area (Å²) < 4.78 is 22.6. The van der Waals surface area contributed by atoms with Crippen molar-refractivity contribution in [3.63, 3.8) is 0 Å². The molecule has 0 unspecified atom stereocenters. The molecule has 2 aliphatic heterocycles. The normalized spacial score (nSPS) is 34.3. The molecule has 0 atom stereocenters. The van der Waals surface area contributed by atoms with Crippen LogP contribution in [0.1, 0.15) is 25.7 Å². The van der Waals surface area contributed by atoms with Crippen molar-refractivity contribution in [2.45, 2.75) is 37.3 Å². The fourth-order valence-electron chi connectivity index (χ4n) is 2.58. The van der Waals surface area contributed by atoms with Gasteiger partial charge in [-0.1, -0.05) is 0 Å². The molecule has 0 aromatic heterocycles. The van der Waals surface area contributed by atoms with Crippen molar-refractivity contribution in [1.29, 1.82) is 0 Å². The molecule has 2 spiro atoms. The van der Waals surface area contributed by atoms with Crippen LogP contribution in [0.3, 0.4) is 0 Å². The third kappa shape index (κ3) is 1.37. The summed E-state index contributed by atoms with van der Waals surface area (Å²) in [5.41, 5.74) is 0. The Morgan fingerprint density at radius 3 is 1.07 bits per heavy atom. The molecule has 0 aromatic carbocycles. The summed E-state index contributed by atoms with van der Waals surface area (Å²) >= 11 is 0. The van der Waals surface area contributed by atoms with Crippen LogP contribution >= 0.6 is 0 Å². The van der Waals surface area contributed by atoms with Gasteiger partial charge in [0.15, 0.2) is 11.6 Å². The standard InChI is InChI=1S/C10H16O4/c1-2-10(13-7-8-14-10)4-3-9(1)11-5-6-12-9/h1-8H2. The van der Waals surface area contributed by atoms with Crippen LogP contribution < -0.4 is 0 Å². The zero-order chi connectivity index (χ0) is 9.49. The number of rotatable bonds is 0. The van der Waals surface area contributed by atoms with Gasteiger partial charge in [0.25, 0.3) is 0 Å². The summed E-state index contributed by atoms with van der Waals surface area (Å²) in [6.07, 6.45) is 3.58. The third-order valence-electron chi connectivity index (χ3n) is 3.40. The molecule has 0 amide bonds. The predicted octanol–water partition coefficient (Wildman–Crippen LogP) is 1.05. The maximum atomic E-state index is 5.65. The van der Waals surface area contributed by atoms with E-state index in [0.717, 1.165) is 52.1 Å². The minimum absolute atomic E-state index is 0.305. The van der Waals surface area contributed by atoms with E-state index in [0.29, 0.717) is 0 Å². The van der Waals surface area contributed by atoms with Crippen LogP contribution in [0, 0.1) is 0 Å². The Balaban J connectivity index is 1.66. The van der Waals surface area contributed by atoms with Gasteiger partial charge in [-0.15, -0.1) is 0 Å². The topological polar surface area (TPSA) is 36.9 Å². The van der Waals surface area contributed by atoms with Gasteiger partial charge >= 0.3 is 0 Å². The lowest BCUT2D eigenvalue weighted by molar-refractivity contribution is -0.250. The van der Waals surface area contributed by atoms with Gasteiger partial charge in [0.2, 0.25) is 0 Å². The lowest BCUT2D eigenvalue weighted by Gasteiger charge is -2.39. The Morgan fingerprint density at radius 2 is 0.786 bits per heavy atom. The van der Waals surface area contributed by atoms with Gasteiger partial charge in [0, 0.05) is 25.7 Å². The van der Waals surface area contributed by atoms with Gasteiger partial charge in [0.1, 0.15) is 0 Å². The van der Waals surface area contributed by atoms with Gasteiger partial charge in [0.05, 0.1) is 26.4 Å². The molecule has 0 aromatic rings. The van der Waals surface area contributed by atoms with Crippen molar-refractivity contribution in [1.82, 2.24) is 0 Å². The molecule has 3 aliphatic rings. The molecule has 1 saturated carbocycles. The van der Waals surface area contributed by atoms with Crippen LogP contribution in [0.2, 0.25) is 0 Å². The summed E-state index contributed by atoms with van der Waals surface area (Å²) in [5.74, 6) is -0.610. The summed E-state index contributed by atoms with van der Waals surface area (Å²) in [4.78, 5) is 0. The third-order valence-corrected chi connectivity index (χ3v) is 3.40. The predicted molar refractivity (Wildman–Crippen MR) is 47.7 cm³/mol. The number of hydrogen-bond donors (Lipinski definition) is 0. The molecule has 2 heterocycles. The second-order valence-corrected chi connectivity index (χ2v) is 4.22. The molecule has 4 heteroatoms. The van der Waals surface area contributed by atoms with Gasteiger partial charge in [-0.25, -0.2) is 0 Å². The van der Waals surface area contributed by atoms with Gasteiger partial charge < -0.3 is 18.9 Å². The fraction of sp³-hybridized carbons (Fsp3) is 1.00. The highest BCUT2D eigenvalue weighted by molar-refractivity contribution is 4.88. The lowest BCUT2D eigenvalue weighted by Crippen LogP contribution is -2.44. The highest BCUT2D eigenvalue weighted by Crippen LogP contribution is 2.43. The Labute approximate surface area is 83.5 Å². The average molecular weight is 200 g/mol. The van der Waals surface area contributed by atoms with E-state index in [1.54, 1.807) is 0 Å². The second kappa shape index (κ2) is 3.17. The first kappa shape index (κ1) is 9.09. The molecule has 3 rings (SSSR count). The van der Waals surface area contributed by atoms with Crippen LogP contribution in [0.5, 0.6) is 0 Å². The van der Waals surface area contributed by atoms with E-state index in [2.05, 4.69) is 0 Å². The average Bonchev–Trinajstić information content (AvgIpc) is 2.81. The molecule has 14 heavy (non-hydrogen) atoms. The van der Waals surface area contributed by atoms with E-state index < -0.39 is 0 Å². The molecule has 3 fully saturated rings. The largest absolute Gasteiger partial charge is 0.348 e. The van der Waals surface area contributed by atoms with E-state index in [4.69, 9.17) is 18.9 Å². The first-order chi connectivity index (χ1) is 6.83. The minimum atomic E-state index is -0.305. The molecule has 80 valence electrons. The van der Waals surface area contributed by atoms with Crippen LogP contribution in [-0.4, -0.2) is 38.0 Å². The van der Waals surface area contributed by atoms with Crippen molar-refractivity contribution in [3.05, 3.63) is 0 Å². The first-order valence-electron chi connectivity index (χ1n) is 5.39. The lowest BCUT2D eigenvalue weighted by atomic mass is 9.89. The minimum Gasteiger partial charge on any atom is -0.348 e. The number of ether oxygens (including phenoxy) is 4. The SMILES string of the molecule is C1COC2(CCC3(CC2)OCCO3)O1. The van der Waals surface area contributed by atoms with Crippen molar-refractivity contribution in [2.75, 3.05) is 26.4 Å². The first-order valence-corrected chi connectivity index (χ1v) is 5.39. The Hall–Kier alpha value is -0.160. The maximum absolute atomic E-state index is 5.65. The van der Waals surface area contributed by atoms with Crippen LogP contribution in [-0.2, 0) is 18.9 Å². The van der Waals surface area contributed by atoms with Crippen molar-refractivity contribution >= 4 is 0 Å². The van der Waals surface area contributed by atoms with Crippen LogP contribution in [0.4, 0.5) is 0 Å². The second-order valence-electron chi connectivity index (χ2n) is 4.22. The van der Waals surface area contributed by atoms with E-state index in [9.17, 15) is 0 Å². The van der Waals surface area contributed by atoms with Crippen molar-refractivity contribution < 1.29 is 18.9 Å². The zero-order valence-electron chi connectivity index (χ0n) is 8.29. The molecule has 0 bridgehead atoms. The molecular weight excluding hydrogens is 184 g/mol. The van der Waals surface area contributed by atoms with Crippen LogP contribution in [0.15, 0.2) is 0 Å². The highest BCUT2D eigenvalue weighted by atomic mass is 16.7. The highest BCUT2D eigenvalue weighted by Gasteiger charge is 2.49. The van der Waals surface area contributed by atoms with Gasteiger partial charge in [-0.05, 0) is 0 Å². The molecular formula is C10H16O4. The summed E-state index contributed by atoms with van der Waals surface area (Å²) in [5, 5.41) is 0. The fourth-order valence-corrected chi connectivity index (χ4v) is 2.58. The summed E-state index contributed by atoms with van der Waals surface area (Å²) in [6, 6.07) is 0. The van der Waals surface area contributed by atoms with E-state index in [1.807, 2.05) is 0 Å². The molecule has 2 saturated heterocycles. The Kier molecular flexibility index (Phi) is 2.06. The monoisotopic (exact) mass is 200 g/mol. The molecule has 4 nitrogen and oxygen atoms in total. The smallest absolute Gasteiger partial charge is 0.168 e.